The zero-order chi connectivity index (χ0) is 31.6. The fourth-order valence-electron chi connectivity index (χ4n) is 5.79. The molecular weight excluding hydrogens is 579 g/mol. The molecule has 4 amide bonds. The predicted molar refractivity (Wildman–Crippen MR) is 157 cm³/mol. The van der Waals surface area contributed by atoms with E-state index in [1.165, 1.54) is 24.3 Å². The van der Waals surface area contributed by atoms with Crippen LogP contribution >= 0.6 is 7.60 Å². The van der Waals surface area contributed by atoms with Crippen LogP contribution in [0.3, 0.4) is 0 Å². The lowest BCUT2D eigenvalue weighted by molar-refractivity contribution is -0.143. The van der Waals surface area contributed by atoms with Crippen molar-refractivity contribution in [3.05, 3.63) is 35.5 Å². The summed E-state index contributed by atoms with van der Waals surface area (Å²) < 4.78 is 11.4. The summed E-state index contributed by atoms with van der Waals surface area (Å²) in [5, 5.41) is 6.11. The SMILES string of the molecule is CC(C)N1CC[C@H]2CC[C@@H](C(=O)N[C@H](C)CCC(N)=O)N2C(=O)[C@@H](NC(=O)c2cc3cc(C(=O)P(=O)(O)O)ccc3[nH]2)C1. The van der Waals surface area contributed by atoms with E-state index in [1.807, 2.05) is 13.8 Å². The molecule has 4 atom stereocenters. The van der Waals surface area contributed by atoms with Crippen LogP contribution in [0.15, 0.2) is 24.3 Å². The van der Waals surface area contributed by atoms with Crippen LogP contribution in [-0.2, 0) is 18.9 Å². The third-order valence-electron chi connectivity index (χ3n) is 8.15. The molecule has 2 aromatic rings. The molecule has 0 spiro atoms. The Morgan fingerprint density at radius 1 is 1.12 bits per heavy atom. The van der Waals surface area contributed by atoms with Gasteiger partial charge in [-0.3, -0.25) is 33.4 Å². The lowest BCUT2D eigenvalue weighted by Crippen LogP contribution is -2.61. The first-order valence-electron chi connectivity index (χ1n) is 14.3. The fraction of sp³-hybridized carbons (Fsp3) is 0.536. The van der Waals surface area contributed by atoms with Gasteiger partial charge in [-0.05, 0) is 70.7 Å². The lowest BCUT2D eigenvalue weighted by atomic mass is 10.1. The maximum atomic E-state index is 14.0. The number of nitrogens with two attached hydrogens (primary N) is 1. The Kier molecular flexibility index (Phi) is 9.75. The Morgan fingerprint density at radius 3 is 2.49 bits per heavy atom. The van der Waals surface area contributed by atoms with Gasteiger partial charge in [0, 0.05) is 54.1 Å². The Bertz CT molecular complexity index is 1470. The zero-order valence-electron chi connectivity index (χ0n) is 24.4. The largest absolute Gasteiger partial charge is 0.396 e. The van der Waals surface area contributed by atoms with Crippen LogP contribution in [0.1, 0.15) is 73.7 Å². The van der Waals surface area contributed by atoms with Crippen molar-refractivity contribution >= 4 is 47.7 Å². The van der Waals surface area contributed by atoms with Gasteiger partial charge in [0.1, 0.15) is 17.8 Å². The Hall–Kier alpha value is -3.58. The Labute approximate surface area is 248 Å². The number of rotatable bonds is 10. The number of nitrogens with one attached hydrogen (secondary N) is 3. The van der Waals surface area contributed by atoms with Crippen LogP contribution < -0.4 is 16.4 Å². The number of carbonyl (C=O) groups is 5. The van der Waals surface area contributed by atoms with E-state index in [-0.39, 0.29) is 54.2 Å². The summed E-state index contributed by atoms with van der Waals surface area (Å²) in [6, 6.07) is 3.37. The Morgan fingerprint density at radius 2 is 1.84 bits per heavy atom. The molecule has 2 fully saturated rings. The number of fused-ring (bicyclic) bond motifs is 2. The minimum Gasteiger partial charge on any atom is -0.370 e. The van der Waals surface area contributed by atoms with Crippen molar-refractivity contribution in [2.75, 3.05) is 13.1 Å². The van der Waals surface area contributed by atoms with Crippen LogP contribution in [-0.4, -0.2) is 97.0 Å². The second kappa shape index (κ2) is 13.0. The fourth-order valence-corrected chi connectivity index (χ4v) is 6.27. The van der Waals surface area contributed by atoms with Gasteiger partial charge in [0.25, 0.3) is 11.4 Å². The van der Waals surface area contributed by atoms with E-state index in [0.29, 0.717) is 43.1 Å². The van der Waals surface area contributed by atoms with Gasteiger partial charge < -0.3 is 36.0 Å². The van der Waals surface area contributed by atoms with Crippen molar-refractivity contribution in [2.45, 2.75) is 83.1 Å². The normalized spacial score (nSPS) is 22.1. The summed E-state index contributed by atoms with van der Waals surface area (Å²) in [5.41, 5.74) is 4.27. The van der Waals surface area contributed by atoms with Gasteiger partial charge in [-0.15, -0.1) is 0 Å². The number of nitrogens with zero attached hydrogens (tertiary/aromatic N) is 2. The number of hydrogen-bond acceptors (Lipinski definition) is 7. The van der Waals surface area contributed by atoms with Gasteiger partial charge in [-0.1, -0.05) is 0 Å². The second-order valence-electron chi connectivity index (χ2n) is 11.6. The first-order chi connectivity index (χ1) is 20.1. The van der Waals surface area contributed by atoms with Crippen LogP contribution in [0.2, 0.25) is 0 Å². The van der Waals surface area contributed by atoms with E-state index in [2.05, 4.69) is 20.5 Å². The Balaban J connectivity index is 1.55. The molecule has 0 saturated carbocycles. The molecular formula is C28H39N6O8P. The summed E-state index contributed by atoms with van der Waals surface area (Å²) in [6.45, 7) is 6.70. The highest BCUT2D eigenvalue weighted by Crippen LogP contribution is 2.39. The molecule has 1 aromatic carbocycles. The molecule has 3 heterocycles. The van der Waals surface area contributed by atoms with Gasteiger partial charge >= 0.3 is 7.60 Å². The number of amides is 4. The number of H-pyrrole nitrogens is 1. The molecule has 2 saturated heterocycles. The van der Waals surface area contributed by atoms with Crippen molar-refractivity contribution in [3.8, 4) is 0 Å². The average molecular weight is 619 g/mol. The van der Waals surface area contributed by atoms with Crippen molar-refractivity contribution in [2.24, 2.45) is 5.73 Å². The monoisotopic (exact) mass is 618 g/mol. The average Bonchev–Trinajstić information content (AvgIpc) is 3.55. The number of aromatic nitrogens is 1. The van der Waals surface area contributed by atoms with Gasteiger partial charge in [0.15, 0.2) is 0 Å². The van der Waals surface area contributed by atoms with E-state index in [0.717, 1.165) is 0 Å². The van der Waals surface area contributed by atoms with E-state index >= 15 is 0 Å². The minimum absolute atomic E-state index is 0.0947. The molecule has 1 aromatic heterocycles. The number of benzene rings is 1. The van der Waals surface area contributed by atoms with Gasteiger partial charge in [0.05, 0.1) is 0 Å². The van der Waals surface area contributed by atoms with Crippen molar-refractivity contribution < 1.29 is 38.3 Å². The highest BCUT2D eigenvalue weighted by atomic mass is 31.2. The van der Waals surface area contributed by atoms with Gasteiger partial charge in [-0.25, -0.2) is 0 Å². The van der Waals surface area contributed by atoms with Gasteiger partial charge in [0.2, 0.25) is 17.7 Å². The molecule has 4 rings (SSSR count). The van der Waals surface area contributed by atoms with E-state index in [9.17, 15) is 38.3 Å². The highest BCUT2D eigenvalue weighted by Gasteiger charge is 2.45. The standard InChI is InChI=1S/C28H39N6O8P/c1-15(2)33-11-10-19-6-8-23(26(37)30-16(3)4-9-24(29)35)34(19)27(38)22(14-33)32-25(36)21-13-18-12-17(5-7-20(18)31-21)28(39)43(40,41)42/h5,7,12-13,15-16,19,22-23,31H,4,6,8-11,14H2,1-3H3,(H2,29,35)(H,30,37)(H,32,36)(H2,40,41,42)/t16-,19-,22+,23+/m1/s1. The first kappa shape index (κ1) is 32.3. The van der Waals surface area contributed by atoms with E-state index < -0.39 is 37.0 Å². The predicted octanol–water partition coefficient (Wildman–Crippen LogP) is 0.828. The molecule has 43 heavy (non-hydrogen) atoms. The molecule has 2 aliphatic heterocycles. The summed E-state index contributed by atoms with van der Waals surface area (Å²) in [5.74, 6) is -1.72. The molecule has 15 heteroatoms. The minimum atomic E-state index is -4.98. The number of hydrogen-bond donors (Lipinski definition) is 6. The molecule has 0 radical (unpaired) electrons. The molecule has 0 aliphatic carbocycles. The van der Waals surface area contributed by atoms with Crippen molar-refractivity contribution in [1.82, 2.24) is 25.4 Å². The van der Waals surface area contributed by atoms with Crippen LogP contribution in [0.25, 0.3) is 10.9 Å². The topological polar surface area (TPSA) is 215 Å². The van der Waals surface area contributed by atoms with Crippen molar-refractivity contribution in [3.63, 3.8) is 0 Å². The maximum absolute atomic E-state index is 14.0. The summed E-state index contributed by atoms with van der Waals surface area (Å²) in [6.07, 6.45) is 2.32. The smallest absolute Gasteiger partial charge is 0.370 e. The molecule has 14 nitrogen and oxygen atoms in total. The van der Waals surface area contributed by atoms with Gasteiger partial charge in [-0.2, -0.15) is 0 Å². The zero-order valence-corrected chi connectivity index (χ0v) is 25.3. The van der Waals surface area contributed by atoms with Crippen molar-refractivity contribution in [1.29, 1.82) is 0 Å². The lowest BCUT2D eigenvalue weighted by Gasteiger charge is -2.40. The van der Waals surface area contributed by atoms with Crippen LogP contribution in [0.5, 0.6) is 0 Å². The van der Waals surface area contributed by atoms with E-state index in [4.69, 9.17) is 5.73 Å². The summed E-state index contributed by atoms with van der Waals surface area (Å²) in [4.78, 5) is 89.0. The molecule has 2 aliphatic rings. The molecule has 234 valence electrons. The second-order valence-corrected chi connectivity index (χ2v) is 13.1. The third kappa shape index (κ3) is 7.50. The quantitative estimate of drug-likeness (QED) is 0.208. The molecule has 0 bridgehead atoms. The number of primary amides is 1. The third-order valence-corrected chi connectivity index (χ3v) is 8.94. The maximum Gasteiger partial charge on any atom is 0.396 e. The highest BCUT2D eigenvalue weighted by molar-refractivity contribution is 7.70. The summed E-state index contributed by atoms with van der Waals surface area (Å²) in [7, 11) is -4.98. The van der Waals surface area contributed by atoms with E-state index in [1.54, 1.807) is 11.8 Å². The van der Waals surface area contributed by atoms with Crippen LogP contribution in [0.4, 0.5) is 0 Å². The summed E-state index contributed by atoms with van der Waals surface area (Å²) >= 11 is 0. The molecule has 7 N–H and O–H groups in total. The van der Waals surface area contributed by atoms with Crippen LogP contribution in [0, 0.1) is 0 Å². The number of carbonyl (C=O) groups excluding carboxylic acids is 5. The number of aromatic amines is 1. The first-order valence-corrected chi connectivity index (χ1v) is 16.0. The molecule has 0 unspecified atom stereocenters.